The lowest BCUT2D eigenvalue weighted by atomic mass is 9.95. The second kappa shape index (κ2) is 9.11. The van der Waals surface area contributed by atoms with E-state index in [0.29, 0.717) is 0 Å². The Morgan fingerprint density at radius 2 is 2.00 bits per heavy atom. The zero-order chi connectivity index (χ0) is 10.8. The molecule has 1 radical (unpaired) electrons. The first-order valence-corrected chi connectivity index (χ1v) is 5.92. The molecule has 0 aromatic rings. The van der Waals surface area contributed by atoms with Crippen molar-refractivity contribution in [2.75, 3.05) is 7.11 Å². The van der Waals surface area contributed by atoms with E-state index < -0.39 is 0 Å². The standard InChI is InChI=1S/C13H25O/c1-5-8-9-12(6-2)10-11-13(7-3)14-4/h12H,5-10H2,1-4H3/t12-/m1/s1. The van der Waals surface area contributed by atoms with E-state index in [1.807, 2.05) is 0 Å². The third-order valence-electron chi connectivity index (χ3n) is 2.70. The van der Waals surface area contributed by atoms with Crippen LogP contribution in [-0.4, -0.2) is 7.11 Å². The fourth-order valence-electron chi connectivity index (χ4n) is 1.54. The van der Waals surface area contributed by atoms with Gasteiger partial charge in [-0.2, -0.15) is 0 Å². The molecule has 0 saturated heterocycles. The van der Waals surface area contributed by atoms with E-state index in [9.17, 15) is 0 Å². The number of allylic oxidation sites excluding steroid dienone is 2. The summed E-state index contributed by atoms with van der Waals surface area (Å²) in [6.45, 7) is 6.62. The first-order chi connectivity index (χ1) is 6.78. The molecule has 83 valence electrons. The van der Waals surface area contributed by atoms with Gasteiger partial charge in [0.05, 0.1) is 12.9 Å². The van der Waals surface area contributed by atoms with E-state index in [4.69, 9.17) is 4.74 Å². The van der Waals surface area contributed by atoms with Crippen molar-refractivity contribution in [2.24, 2.45) is 5.92 Å². The predicted octanol–water partition coefficient (Wildman–Crippen LogP) is 4.34. The lowest BCUT2D eigenvalue weighted by Gasteiger charge is -2.12. The number of hydrogen-bond acceptors (Lipinski definition) is 1. The Morgan fingerprint density at radius 3 is 2.43 bits per heavy atom. The average Bonchev–Trinajstić information content (AvgIpc) is 2.23. The van der Waals surface area contributed by atoms with Gasteiger partial charge in [0.2, 0.25) is 0 Å². The summed E-state index contributed by atoms with van der Waals surface area (Å²) < 4.78 is 5.20. The van der Waals surface area contributed by atoms with E-state index in [0.717, 1.165) is 24.5 Å². The molecule has 0 saturated carbocycles. The molecule has 1 atom stereocenters. The first kappa shape index (κ1) is 13.5. The van der Waals surface area contributed by atoms with Gasteiger partial charge >= 0.3 is 0 Å². The molecule has 1 heteroatoms. The van der Waals surface area contributed by atoms with Crippen molar-refractivity contribution in [3.05, 3.63) is 11.8 Å². The summed E-state index contributed by atoms with van der Waals surface area (Å²) in [5.41, 5.74) is 0. The van der Waals surface area contributed by atoms with Crippen LogP contribution in [-0.2, 0) is 4.74 Å². The van der Waals surface area contributed by atoms with Crippen molar-refractivity contribution in [1.29, 1.82) is 0 Å². The van der Waals surface area contributed by atoms with Crippen LogP contribution in [0.15, 0.2) is 5.76 Å². The second-order valence-electron chi connectivity index (χ2n) is 3.78. The topological polar surface area (TPSA) is 9.23 Å². The van der Waals surface area contributed by atoms with Gasteiger partial charge in [-0.1, -0.05) is 46.5 Å². The molecule has 1 nitrogen and oxygen atoms in total. The Morgan fingerprint density at radius 1 is 1.29 bits per heavy atom. The van der Waals surface area contributed by atoms with Gasteiger partial charge < -0.3 is 4.74 Å². The fraction of sp³-hybridized carbons (Fsp3) is 0.846. The molecule has 14 heavy (non-hydrogen) atoms. The third-order valence-corrected chi connectivity index (χ3v) is 2.70. The number of ether oxygens (including phenoxy) is 1. The Kier molecular flexibility index (Phi) is 8.81. The minimum absolute atomic E-state index is 0.798. The molecule has 0 rings (SSSR count). The monoisotopic (exact) mass is 197 g/mol. The van der Waals surface area contributed by atoms with Gasteiger partial charge in [-0.25, -0.2) is 0 Å². The van der Waals surface area contributed by atoms with E-state index in [1.165, 1.54) is 25.7 Å². The zero-order valence-electron chi connectivity index (χ0n) is 10.2. The highest BCUT2D eigenvalue weighted by Gasteiger charge is 2.04. The van der Waals surface area contributed by atoms with Gasteiger partial charge in [-0.3, -0.25) is 0 Å². The summed E-state index contributed by atoms with van der Waals surface area (Å²) in [6.07, 6.45) is 10.6. The summed E-state index contributed by atoms with van der Waals surface area (Å²) in [6, 6.07) is 0. The van der Waals surface area contributed by atoms with Crippen molar-refractivity contribution in [2.45, 2.75) is 59.3 Å². The Balaban J connectivity index is 3.85. The number of hydrogen-bond donors (Lipinski definition) is 0. The highest BCUT2D eigenvalue weighted by Crippen LogP contribution is 2.18. The van der Waals surface area contributed by atoms with Crippen molar-refractivity contribution in [3.8, 4) is 0 Å². The van der Waals surface area contributed by atoms with Crippen LogP contribution in [0.1, 0.15) is 59.3 Å². The molecule has 0 aromatic carbocycles. The van der Waals surface area contributed by atoms with Gasteiger partial charge in [0.15, 0.2) is 0 Å². The van der Waals surface area contributed by atoms with Gasteiger partial charge in [-0.05, 0) is 18.4 Å². The highest BCUT2D eigenvalue weighted by molar-refractivity contribution is 4.85. The summed E-state index contributed by atoms with van der Waals surface area (Å²) in [5.74, 6) is 1.81. The van der Waals surface area contributed by atoms with E-state index >= 15 is 0 Å². The van der Waals surface area contributed by atoms with E-state index in [-0.39, 0.29) is 0 Å². The molecule has 0 aromatic heterocycles. The fourth-order valence-corrected chi connectivity index (χ4v) is 1.54. The molecule has 0 spiro atoms. The largest absolute Gasteiger partial charge is 0.501 e. The summed E-state index contributed by atoms with van der Waals surface area (Å²) in [7, 11) is 1.73. The molecule has 0 aliphatic rings. The van der Waals surface area contributed by atoms with Crippen molar-refractivity contribution < 1.29 is 4.74 Å². The van der Waals surface area contributed by atoms with Crippen LogP contribution in [0, 0.1) is 12.0 Å². The Labute approximate surface area is 89.5 Å². The number of unbranched alkanes of at least 4 members (excludes halogenated alkanes) is 1. The molecule has 0 fully saturated rings. The van der Waals surface area contributed by atoms with E-state index in [1.54, 1.807) is 7.11 Å². The maximum absolute atomic E-state index is 5.20. The van der Waals surface area contributed by atoms with Crippen molar-refractivity contribution in [3.63, 3.8) is 0 Å². The molecule has 0 heterocycles. The molecular formula is C13H25O. The first-order valence-electron chi connectivity index (χ1n) is 5.92. The van der Waals surface area contributed by atoms with Crippen LogP contribution in [0.5, 0.6) is 0 Å². The van der Waals surface area contributed by atoms with Crippen molar-refractivity contribution >= 4 is 0 Å². The molecule has 0 aliphatic heterocycles. The molecule has 0 unspecified atom stereocenters. The quantitative estimate of drug-likeness (QED) is 0.526. The molecule has 0 aliphatic carbocycles. The SMILES string of the molecule is CCCC[C@@H](CC)C[C]=C(CC)OC. The van der Waals surface area contributed by atoms with Crippen LogP contribution in [0.3, 0.4) is 0 Å². The molecule has 0 bridgehead atoms. The predicted molar refractivity (Wildman–Crippen MR) is 62.0 cm³/mol. The van der Waals surface area contributed by atoms with Gasteiger partial charge in [0.25, 0.3) is 0 Å². The number of rotatable bonds is 8. The van der Waals surface area contributed by atoms with Gasteiger partial charge in [0, 0.05) is 6.42 Å². The molecule has 0 amide bonds. The molecular weight excluding hydrogens is 172 g/mol. The van der Waals surface area contributed by atoms with Gasteiger partial charge in [-0.15, -0.1) is 0 Å². The number of methoxy groups -OCH3 is 1. The van der Waals surface area contributed by atoms with Crippen LogP contribution in [0.25, 0.3) is 0 Å². The van der Waals surface area contributed by atoms with Crippen LogP contribution < -0.4 is 0 Å². The van der Waals surface area contributed by atoms with Crippen LogP contribution in [0.4, 0.5) is 0 Å². The normalized spacial score (nSPS) is 14.1. The maximum atomic E-state index is 5.20. The maximum Gasteiger partial charge on any atom is 0.0988 e. The zero-order valence-corrected chi connectivity index (χ0v) is 10.2. The van der Waals surface area contributed by atoms with E-state index in [2.05, 4.69) is 26.8 Å². The van der Waals surface area contributed by atoms with Crippen LogP contribution in [0.2, 0.25) is 0 Å². The van der Waals surface area contributed by atoms with Crippen LogP contribution >= 0.6 is 0 Å². The van der Waals surface area contributed by atoms with Gasteiger partial charge in [0.1, 0.15) is 0 Å². The Bertz CT molecular complexity index is 143. The third kappa shape index (κ3) is 6.06. The molecule has 0 N–H and O–H groups in total. The lowest BCUT2D eigenvalue weighted by molar-refractivity contribution is 0.273. The minimum atomic E-state index is 0.798. The summed E-state index contributed by atoms with van der Waals surface area (Å²) in [4.78, 5) is 0. The Hall–Kier alpha value is -0.460. The van der Waals surface area contributed by atoms with Crippen molar-refractivity contribution in [1.82, 2.24) is 0 Å². The average molecular weight is 197 g/mol. The second-order valence-corrected chi connectivity index (χ2v) is 3.78. The lowest BCUT2D eigenvalue weighted by Crippen LogP contribution is -1.98. The smallest absolute Gasteiger partial charge is 0.0988 e. The minimum Gasteiger partial charge on any atom is -0.501 e. The summed E-state index contributed by atoms with van der Waals surface area (Å²) in [5, 5.41) is 0. The summed E-state index contributed by atoms with van der Waals surface area (Å²) >= 11 is 0. The highest BCUT2D eigenvalue weighted by atomic mass is 16.5.